The van der Waals surface area contributed by atoms with Crippen molar-refractivity contribution in [1.82, 2.24) is 14.5 Å². The van der Waals surface area contributed by atoms with E-state index in [1.807, 2.05) is 24.3 Å². The Morgan fingerprint density at radius 2 is 1.96 bits per heavy atom. The highest BCUT2D eigenvalue weighted by atomic mass is 35.5. The summed E-state index contributed by atoms with van der Waals surface area (Å²) in [6.07, 6.45) is 1.87. The van der Waals surface area contributed by atoms with Crippen LogP contribution >= 0.6 is 23.1 Å². The van der Waals surface area contributed by atoms with Gasteiger partial charge in [0, 0.05) is 23.5 Å². The Balaban J connectivity index is 1.25. The lowest BCUT2D eigenvalue weighted by Gasteiger charge is -2.19. The van der Waals surface area contributed by atoms with Gasteiger partial charge in [-0.25, -0.2) is 4.79 Å². The summed E-state index contributed by atoms with van der Waals surface area (Å²) in [7, 11) is 0. The van der Waals surface area contributed by atoms with Crippen molar-refractivity contribution in [2.75, 3.05) is 13.1 Å². The first-order valence-electron chi connectivity index (χ1n) is 8.27. The Hall–Kier alpha value is -1.86. The van der Waals surface area contributed by atoms with Crippen LogP contribution in [0.15, 0.2) is 29.6 Å². The van der Waals surface area contributed by atoms with Gasteiger partial charge >= 0.3 is 6.09 Å². The molecule has 1 aromatic heterocycles. The third kappa shape index (κ3) is 3.88. The van der Waals surface area contributed by atoms with Crippen LogP contribution in [0.1, 0.15) is 18.5 Å². The van der Waals surface area contributed by atoms with Crippen molar-refractivity contribution in [3.63, 3.8) is 0 Å². The fourth-order valence-electron chi connectivity index (χ4n) is 3.67. The number of hydrogen-bond donors (Lipinski definition) is 0. The molecule has 2 aromatic rings. The largest absolute Gasteiger partial charge is 0.490 e. The van der Waals surface area contributed by atoms with Crippen LogP contribution in [-0.2, 0) is 11.3 Å². The number of hydrogen-bond acceptors (Lipinski definition) is 6. The minimum Gasteiger partial charge on any atom is -0.490 e. The van der Waals surface area contributed by atoms with E-state index in [0.29, 0.717) is 22.6 Å². The number of carbonyl (C=O) groups is 1. The lowest BCUT2D eigenvalue weighted by Crippen LogP contribution is -2.31. The zero-order chi connectivity index (χ0) is 17.2. The molecule has 2 heterocycles. The van der Waals surface area contributed by atoms with Gasteiger partial charge in [0.1, 0.15) is 18.1 Å². The average Bonchev–Trinajstić information content (AvgIpc) is 3.31. The van der Waals surface area contributed by atoms with Crippen molar-refractivity contribution in [3.8, 4) is 5.75 Å². The van der Waals surface area contributed by atoms with Crippen LogP contribution in [-0.4, -0.2) is 39.8 Å². The first-order chi connectivity index (χ1) is 12.2. The van der Waals surface area contributed by atoms with E-state index >= 15 is 0 Å². The van der Waals surface area contributed by atoms with E-state index in [2.05, 4.69) is 9.59 Å². The van der Waals surface area contributed by atoms with Gasteiger partial charge in [-0.3, -0.25) is 0 Å². The number of halogens is 1. The molecule has 4 rings (SSSR count). The summed E-state index contributed by atoms with van der Waals surface area (Å²) in [5.74, 6) is 1.80. The summed E-state index contributed by atoms with van der Waals surface area (Å²) < 4.78 is 15.1. The highest BCUT2D eigenvalue weighted by Gasteiger charge is 2.43. The Bertz CT molecular complexity index is 711. The first kappa shape index (κ1) is 16.6. The van der Waals surface area contributed by atoms with Gasteiger partial charge in [0.05, 0.1) is 6.10 Å². The highest BCUT2D eigenvalue weighted by molar-refractivity contribution is 7.03. The fourth-order valence-corrected chi connectivity index (χ4v) is 4.23. The summed E-state index contributed by atoms with van der Waals surface area (Å²) >= 11 is 7.15. The summed E-state index contributed by atoms with van der Waals surface area (Å²) in [5.41, 5.74) is 0.689. The molecule has 132 valence electrons. The molecule has 0 unspecified atom stereocenters. The monoisotopic (exact) mass is 379 g/mol. The molecule has 1 aromatic carbocycles. The molecule has 0 N–H and O–H groups in total. The van der Waals surface area contributed by atoms with Gasteiger partial charge in [-0.1, -0.05) is 16.1 Å². The zero-order valence-corrected chi connectivity index (χ0v) is 15.1. The number of likely N-dealkylation sites (tertiary alicyclic amines) is 1. The number of ether oxygens (including phenoxy) is 2. The van der Waals surface area contributed by atoms with Crippen LogP contribution < -0.4 is 4.74 Å². The fraction of sp³-hybridized carbons (Fsp3) is 0.471. The van der Waals surface area contributed by atoms with Crippen LogP contribution in [0.3, 0.4) is 0 Å². The maximum atomic E-state index is 12.2. The molecule has 0 bridgehead atoms. The van der Waals surface area contributed by atoms with Crippen molar-refractivity contribution in [2.45, 2.75) is 25.6 Å². The number of rotatable bonds is 4. The minimum absolute atomic E-state index is 0.184. The van der Waals surface area contributed by atoms with Gasteiger partial charge in [-0.2, -0.15) is 0 Å². The number of carbonyl (C=O) groups excluding carboxylic acids is 1. The molecule has 25 heavy (non-hydrogen) atoms. The molecule has 2 fully saturated rings. The molecular weight excluding hydrogens is 362 g/mol. The summed E-state index contributed by atoms with van der Waals surface area (Å²) in [4.78, 5) is 14.0. The number of fused-ring (bicyclic) bond motifs is 1. The molecule has 6 nitrogen and oxygen atoms in total. The number of amides is 1. The molecule has 0 radical (unpaired) electrons. The van der Waals surface area contributed by atoms with Crippen molar-refractivity contribution in [2.24, 2.45) is 11.8 Å². The van der Waals surface area contributed by atoms with Crippen LogP contribution in [0.25, 0.3) is 0 Å². The minimum atomic E-state index is -0.266. The van der Waals surface area contributed by atoms with Crippen LogP contribution in [0.4, 0.5) is 4.79 Å². The van der Waals surface area contributed by atoms with Gasteiger partial charge in [-0.15, -0.1) is 5.10 Å². The molecule has 1 amide bonds. The van der Waals surface area contributed by atoms with E-state index in [4.69, 9.17) is 21.1 Å². The predicted octanol–water partition coefficient (Wildman–Crippen LogP) is 3.62. The Morgan fingerprint density at radius 3 is 2.60 bits per heavy atom. The van der Waals surface area contributed by atoms with Crippen LogP contribution in [0.5, 0.6) is 5.75 Å². The number of nitrogens with zero attached hydrogens (tertiary/aromatic N) is 3. The average molecular weight is 380 g/mol. The maximum absolute atomic E-state index is 12.2. The molecule has 2 aliphatic rings. The highest BCUT2D eigenvalue weighted by Crippen LogP contribution is 2.40. The van der Waals surface area contributed by atoms with E-state index < -0.39 is 0 Å². The van der Waals surface area contributed by atoms with Crippen LogP contribution in [0.2, 0.25) is 5.02 Å². The molecular formula is C17H18ClN3O3S. The molecule has 1 aliphatic carbocycles. The van der Waals surface area contributed by atoms with E-state index in [9.17, 15) is 4.79 Å². The molecule has 8 heteroatoms. The SMILES string of the molecule is O=C(OCc1csnn1)N1C[C@H]2C[C@@H](Oc3ccc(Cl)cc3)C[C@H]2C1. The lowest BCUT2D eigenvalue weighted by molar-refractivity contribution is 0.0975. The van der Waals surface area contributed by atoms with Gasteiger partial charge < -0.3 is 14.4 Å². The standard InChI is InChI=1S/C17H18ClN3O3S/c18-13-1-3-15(4-2-13)24-16-5-11-7-21(8-12(11)6-16)17(22)23-9-14-10-25-20-19-14/h1-4,10-12,16H,5-9H2/t11-,12+,16-. The molecule has 0 spiro atoms. The van der Waals surface area contributed by atoms with Gasteiger partial charge in [-0.05, 0) is 60.5 Å². The molecule has 1 aliphatic heterocycles. The zero-order valence-electron chi connectivity index (χ0n) is 13.5. The van der Waals surface area contributed by atoms with Crippen molar-refractivity contribution in [1.29, 1.82) is 0 Å². The topological polar surface area (TPSA) is 64.5 Å². The van der Waals surface area contributed by atoms with Gasteiger partial charge in [0.2, 0.25) is 0 Å². The second kappa shape index (κ2) is 7.17. The van der Waals surface area contributed by atoms with Crippen LogP contribution in [0, 0.1) is 11.8 Å². The number of aromatic nitrogens is 2. The Kier molecular flexibility index (Phi) is 4.76. The molecule has 1 saturated heterocycles. The van der Waals surface area contributed by atoms with Gasteiger partial charge in [0.15, 0.2) is 0 Å². The maximum Gasteiger partial charge on any atom is 0.410 e. The predicted molar refractivity (Wildman–Crippen MR) is 93.7 cm³/mol. The van der Waals surface area contributed by atoms with E-state index in [1.54, 1.807) is 10.3 Å². The summed E-state index contributed by atoms with van der Waals surface area (Å²) in [6, 6.07) is 7.46. The molecule has 3 atom stereocenters. The second-order valence-corrected chi connectivity index (χ2v) is 7.59. The normalized spacial score (nSPS) is 25.0. The van der Waals surface area contributed by atoms with E-state index in [-0.39, 0.29) is 18.8 Å². The summed E-state index contributed by atoms with van der Waals surface area (Å²) in [5, 5.41) is 6.36. The first-order valence-corrected chi connectivity index (χ1v) is 9.48. The van der Waals surface area contributed by atoms with Crippen molar-refractivity contribution in [3.05, 3.63) is 40.4 Å². The van der Waals surface area contributed by atoms with E-state index in [1.165, 1.54) is 11.5 Å². The van der Waals surface area contributed by atoms with Crippen molar-refractivity contribution >= 4 is 29.2 Å². The third-order valence-electron chi connectivity index (χ3n) is 4.83. The molecule has 1 saturated carbocycles. The van der Waals surface area contributed by atoms with Gasteiger partial charge in [0.25, 0.3) is 0 Å². The van der Waals surface area contributed by atoms with Crippen molar-refractivity contribution < 1.29 is 14.3 Å². The number of benzene rings is 1. The second-order valence-electron chi connectivity index (χ2n) is 6.54. The lowest BCUT2D eigenvalue weighted by atomic mass is 10.0. The van der Waals surface area contributed by atoms with E-state index in [0.717, 1.165) is 31.7 Å². The Labute approximate surface area is 154 Å². The summed E-state index contributed by atoms with van der Waals surface area (Å²) in [6.45, 7) is 1.65. The Morgan fingerprint density at radius 1 is 1.24 bits per heavy atom. The quantitative estimate of drug-likeness (QED) is 0.811. The third-order valence-corrected chi connectivity index (χ3v) is 5.64. The smallest absolute Gasteiger partial charge is 0.410 e.